The second-order valence-corrected chi connectivity index (χ2v) is 6.77. The molecule has 0 aromatic heterocycles. The largest absolute Gasteiger partial charge is 0.336 e. The summed E-state index contributed by atoms with van der Waals surface area (Å²) in [7, 11) is 0. The van der Waals surface area contributed by atoms with Crippen LogP contribution in [0.2, 0.25) is 0 Å². The number of amides is 2. The summed E-state index contributed by atoms with van der Waals surface area (Å²) in [6, 6.07) is -0.120. The first-order chi connectivity index (χ1) is 8.24. The molecule has 4 heteroatoms. The highest BCUT2D eigenvalue weighted by atomic mass is 16.2. The summed E-state index contributed by atoms with van der Waals surface area (Å²) in [5, 5.41) is 5.80. The van der Waals surface area contributed by atoms with E-state index in [1.165, 1.54) is 19.3 Å². The summed E-state index contributed by atoms with van der Waals surface area (Å²) in [6.45, 7) is 8.72. The Balaban J connectivity index is 2.32. The number of hydrogen-bond donors (Lipinski definition) is 3. The van der Waals surface area contributed by atoms with Crippen LogP contribution in [0.15, 0.2) is 0 Å². The third-order valence-electron chi connectivity index (χ3n) is 3.77. The minimum absolute atomic E-state index is 0.120. The molecule has 0 aromatic carbocycles. The van der Waals surface area contributed by atoms with Crippen LogP contribution < -0.4 is 16.4 Å². The summed E-state index contributed by atoms with van der Waals surface area (Å²) in [6.07, 6.45) is 5.65. The summed E-state index contributed by atoms with van der Waals surface area (Å²) >= 11 is 0. The molecule has 0 spiro atoms. The van der Waals surface area contributed by atoms with Crippen LogP contribution in [0.1, 0.15) is 59.8 Å². The van der Waals surface area contributed by atoms with Gasteiger partial charge in [0, 0.05) is 17.6 Å². The van der Waals surface area contributed by atoms with Crippen molar-refractivity contribution in [3.63, 3.8) is 0 Å². The van der Waals surface area contributed by atoms with Gasteiger partial charge in [-0.05, 0) is 52.4 Å². The third-order valence-corrected chi connectivity index (χ3v) is 3.77. The fourth-order valence-electron chi connectivity index (χ4n) is 2.48. The molecule has 4 nitrogen and oxygen atoms in total. The second kappa shape index (κ2) is 5.91. The van der Waals surface area contributed by atoms with Crippen LogP contribution in [0.4, 0.5) is 4.79 Å². The molecule has 0 unspecified atom stereocenters. The first-order valence-electron chi connectivity index (χ1n) is 7.09. The van der Waals surface area contributed by atoms with Gasteiger partial charge in [-0.2, -0.15) is 0 Å². The SMILES string of the molecule is CCC1CCC(N)(CNC(=O)NC(C)(C)C)CC1. The Bertz CT molecular complexity index is 275. The molecule has 1 saturated carbocycles. The molecule has 0 atom stereocenters. The topological polar surface area (TPSA) is 67.1 Å². The van der Waals surface area contributed by atoms with Crippen LogP contribution >= 0.6 is 0 Å². The zero-order chi connectivity index (χ0) is 13.8. The zero-order valence-corrected chi connectivity index (χ0v) is 12.3. The van der Waals surface area contributed by atoms with Crippen LogP contribution in [-0.4, -0.2) is 23.7 Å². The van der Waals surface area contributed by atoms with Crippen molar-refractivity contribution < 1.29 is 4.79 Å². The van der Waals surface area contributed by atoms with Crippen molar-refractivity contribution in [2.75, 3.05) is 6.54 Å². The second-order valence-electron chi connectivity index (χ2n) is 6.77. The van der Waals surface area contributed by atoms with Gasteiger partial charge in [0.05, 0.1) is 0 Å². The Morgan fingerprint density at radius 1 is 1.33 bits per heavy atom. The standard InChI is InChI=1S/C14H29N3O/c1-5-11-6-8-14(15,9-7-11)10-16-12(18)17-13(2,3)4/h11H,5-10,15H2,1-4H3,(H2,16,17,18). The Labute approximate surface area is 111 Å². The summed E-state index contributed by atoms with van der Waals surface area (Å²) < 4.78 is 0. The predicted octanol–water partition coefficient (Wildman–Crippen LogP) is 2.38. The highest BCUT2D eigenvalue weighted by Gasteiger charge is 2.31. The van der Waals surface area contributed by atoms with Gasteiger partial charge < -0.3 is 16.4 Å². The van der Waals surface area contributed by atoms with Crippen molar-refractivity contribution in [3.8, 4) is 0 Å². The van der Waals surface area contributed by atoms with E-state index in [2.05, 4.69) is 17.6 Å². The van der Waals surface area contributed by atoms with Gasteiger partial charge in [-0.25, -0.2) is 4.79 Å². The predicted molar refractivity (Wildman–Crippen MR) is 75.5 cm³/mol. The minimum atomic E-state index is -0.207. The normalized spacial score (nSPS) is 28.8. The molecule has 18 heavy (non-hydrogen) atoms. The Morgan fingerprint density at radius 3 is 2.33 bits per heavy atom. The van der Waals surface area contributed by atoms with Crippen molar-refractivity contribution in [2.24, 2.45) is 11.7 Å². The van der Waals surface area contributed by atoms with Gasteiger partial charge in [-0.15, -0.1) is 0 Å². The molecule has 0 aliphatic heterocycles. The van der Waals surface area contributed by atoms with Gasteiger partial charge in [0.2, 0.25) is 0 Å². The highest BCUT2D eigenvalue weighted by molar-refractivity contribution is 5.74. The van der Waals surface area contributed by atoms with Crippen molar-refractivity contribution in [1.82, 2.24) is 10.6 Å². The van der Waals surface area contributed by atoms with E-state index in [9.17, 15) is 4.79 Å². The lowest BCUT2D eigenvalue weighted by molar-refractivity contribution is 0.208. The summed E-state index contributed by atoms with van der Waals surface area (Å²) in [5.74, 6) is 0.824. The molecule has 0 bridgehead atoms. The molecule has 1 fully saturated rings. The molecule has 4 N–H and O–H groups in total. The minimum Gasteiger partial charge on any atom is -0.336 e. The maximum absolute atomic E-state index is 11.7. The first kappa shape index (κ1) is 15.3. The van der Waals surface area contributed by atoms with E-state index in [0.717, 1.165) is 18.8 Å². The number of carbonyl (C=O) groups excluding carboxylic acids is 1. The van der Waals surface area contributed by atoms with E-state index >= 15 is 0 Å². The fourth-order valence-corrected chi connectivity index (χ4v) is 2.48. The molecule has 1 aliphatic carbocycles. The van der Waals surface area contributed by atoms with Gasteiger partial charge >= 0.3 is 6.03 Å². The quantitative estimate of drug-likeness (QED) is 0.725. The average molecular weight is 255 g/mol. The lowest BCUT2D eigenvalue weighted by Gasteiger charge is -2.37. The molecule has 1 aliphatic rings. The Hall–Kier alpha value is -0.770. The summed E-state index contributed by atoms with van der Waals surface area (Å²) in [5.41, 5.74) is 5.94. The maximum atomic E-state index is 11.7. The van der Waals surface area contributed by atoms with Gasteiger partial charge in [0.25, 0.3) is 0 Å². The fraction of sp³-hybridized carbons (Fsp3) is 0.929. The lowest BCUT2D eigenvalue weighted by Crippen LogP contribution is -2.55. The molecular formula is C14H29N3O. The molecule has 0 radical (unpaired) electrons. The van der Waals surface area contributed by atoms with Crippen LogP contribution in [0.3, 0.4) is 0 Å². The number of carbonyl (C=O) groups is 1. The lowest BCUT2D eigenvalue weighted by atomic mass is 9.76. The highest BCUT2D eigenvalue weighted by Crippen LogP contribution is 2.31. The molecular weight excluding hydrogens is 226 g/mol. The molecule has 1 rings (SSSR count). The smallest absolute Gasteiger partial charge is 0.315 e. The van der Waals surface area contributed by atoms with Crippen molar-refractivity contribution >= 4 is 6.03 Å². The molecule has 2 amide bonds. The van der Waals surface area contributed by atoms with Gasteiger partial charge in [-0.1, -0.05) is 13.3 Å². The van der Waals surface area contributed by atoms with Gasteiger partial charge in [-0.3, -0.25) is 0 Å². The Morgan fingerprint density at radius 2 is 1.89 bits per heavy atom. The van der Waals surface area contributed by atoms with E-state index in [4.69, 9.17) is 5.73 Å². The van der Waals surface area contributed by atoms with E-state index in [-0.39, 0.29) is 17.1 Å². The van der Waals surface area contributed by atoms with Crippen LogP contribution in [0.5, 0.6) is 0 Å². The van der Waals surface area contributed by atoms with Gasteiger partial charge in [0.15, 0.2) is 0 Å². The number of rotatable bonds is 3. The molecule has 0 saturated heterocycles. The number of nitrogens with one attached hydrogen (secondary N) is 2. The number of urea groups is 1. The van der Waals surface area contributed by atoms with Crippen molar-refractivity contribution in [1.29, 1.82) is 0 Å². The monoisotopic (exact) mass is 255 g/mol. The number of nitrogens with two attached hydrogens (primary N) is 1. The zero-order valence-electron chi connectivity index (χ0n) is 12.3. The van der Waals surface area contributed by atoms with Crippen LogP contribution in [0, 0.1) is 5.92 Å². The van der Waals surface area contributed by atoms with Crippen LogP contribution in [0.25, 0.3) is 0 Å². The average Bonchev–Trinajstić information content (AvgIpc) is 2.26. The first-order valence-corrected chi connectivity index (χ1v) is 7.09. The molecule has 0 aromatic rings. The summed E-state index contributed by atoms with van der Waals surface area (Å²) in [4.78, 5) is 11.7. The van der Waals surface area contributed by atoms with E-state index < -0.39 is 0 Å². The number of hydrogen-bond acceptors (Lipinski definition) is 2. The molecule has 0 heterocycles. The van der Waals surface area contributed by atoms with E-state index in [1.54, 1.807) is 0 Å². The maximum Gasteiger partial charge on any atom is 0.315 e. The van der Waals surface area contributed by atoms with E-state index in [0.29, 0.717) is 6.54 Å². The Kier molecular flexibility index (Phi) is 5.02. The van der Waals surface area contributed by atoms with Crippen LogP contribution in [-0.2, 0) is 0 Å². The van der Waals surface area contributed by atoms with Crippen molar-refractivity contribution in [3.05, 3.63) is 0 Å². The van der Waals surface area contributed by atoms with Crippen molar-refractivity contribution in [2.45, 2.75) is 70.9 Å². The van der Waals surface area contributed by atoms with Gasteiger partial charge in [0.1, 0.15) is 0 Å². The van der Waals surface area contributed by atoms with E-state index in [1.807, 2.05) is 20.8 Å². The molecule has 106 valence electrons. The third kappa shape index (κ3) is 5.25.